The summed E-state index contributed by atoms with van der Waals surface area (Å²) >= 11 is 1.27. The molecular formula is C26H23N3O3S. The van der Waals surface area contributed by atoms with Crippen LogP contribution in [-0.4, -0.2) is 27.8 Å². The number of para-hydroxylation sites is 3. The van der Waals surface area contributed by atoms with E-state index < -0.39 is 0 Å². The zero-order valence-electron chi connectivity index (χ0n) is 18.2. The number of amides is 1. The lowest BCUT2D eigenvalue weighted by atomic mass is 10.0. The minimum Gasteiger partial charge on any atom is -0.493 e. The van der Waals surface area contributed by atoms with Crippen molar-refractivity contribution in [1.29, 1.82) is 0 Å². The maximum atomic E-state index is 13.4. The van der Waals surface area contributed by atoms with Crippen LogP contribution < -0.4 is 15.6 Å². The number of nitrogens with zero attached hydrogens (tertiary/aromatic N) is 2. The van der Waals surface area contributed by atoms with Gasteiger partial charge in [-0.3, -0.25) is 14.2 Å². The Bertz CT molecular complexity index is 1400. The lowest BCUT2D eigenvalue weighted by Crippen LogP contribution is -2.33. The number of aromatic nitrogens is 2. The largest absolute Gasteiger partial charge is 0.493 e. The second-order valence-electron chi connectivity index (χ2n) is 7.92. The number of hydrogen-bond acceptors (Lipinski definition) is 5. The Morgan fingerprint density at radius 1 is 1.09 bits per heavy atom. The smallest absolute Gasteiger partial charge is 0.266 e. The molecule has 0 fully saturated rings. The van der Waals surface area contributed by atoms with Gasteiger partial charge in [0.2, 0.25) is 5.91 Å². The summed E-state index contributed by atoms with van der Waals surface area (Å²) in [4.78, 5) is 31.0. The van der Waals surface area contributed by atoms with Crippen molar-refractivity contribution in [3.8, 4) is 11.4 Å². The highest BCUT2D eigenvalue weighted by atomic mass is 32.2. The van der Waals surface area contributed by atoms with Gasteiger partial charge in [-0.15, -0.1) is 0 Å². The minimum atomic E-state index is -0.142. The summed E-state index contributed by atoms with van der Waals surface area (Å²) in [5.41, 5.74) is 3.19. The van der Waals surface area contributed by atoms with Gasteiger partial charge in [0.25, 0.3) is 5.56 Å². The van der Waals surface area contributed by atoms with Crippen LogP contribution in [0.5, 0.6) is 5.75 Å². The first-order chi connectivity index (χ1) is 16.1. The number of fused-ring (bicyclic) bond motifs is 2. The Hall–Kier alpha value is -3.58. The highest BCUT2D eigenvalue weighted by Crippen LogP contribution is 2.31. The lowest BCUT2D eigenvalue weighted by molar-refractivity contribution is -0.119. The molecule has 0 bridgehead atoms. The summed E-state index contributed by atoms with van der Waals surface area (Å²) in [6, 6.07) is 22.7. The Balaban J connectivity index is 1.43. The number of carbonyl (C=O) groups is 1. The van der Waals surface area contributed by atoms with Gasteiger partial charge in [0.15, 0.2) is 5.16 Å². The van der Waals surface area contributed by atoms with Gasteiger partial charge < -0.3 is 10.1 Å². The number of rotatable bonds is 5. The molecular weight excluding hydrogens is 434 g/mol. The average molecular weight is 458 g/mol. The van der Waals surface area contributed by atoms with Gasteiger partial charge in [-0.2, -0.15) is 0 Å². The van der Waals surface area contributed by atoms with E-state index in [9.17, 15) is 9.59 Å². The third-order valence-electron chi connectivity index (χ3n) is 5.73. The molecule has 1 aliphatic heterocycles. The molecule has 0 saturated heterocycles. The van der Waals surface area contributed by atoms with E-state index in [0.29, 0.717) is 22.7 Å². The van der Waals surface area contributed by atoms with Gasteiger partial charge >= 0.3 is 0 Å². The van der Waals surface area contributed by atoms with Gasteiger partial charge in [0, 0.05) is 12.0 Å². The standard InChI is InChI=1S/C26H23N3O3S/c1-17-8-2-6-12-22(17)29-25(31)19-10-3-5-11-20(19)28-26(29)33-16-24(30)27-21-14-15-32-23-13-7-4-9-18(21)23/h2-13,21H,14-16H2,1H3,(H,27,30). The fourth-order valence-electron chi connectivity index (χ4n) is 4.09. The number of aryl methyl sites for hydroxylation is 1. The molecule has 3 aromatic carbocycles. The average Bonchev–Trinajstić information content (AvgIpc) is 2.84. The van der Waals surface area contributed by atoms with Crippen LogP contribution >= 0.6 is 11.8 Å². The van der Waals surface area contributed by atoms with Crippen molar-refractivity contribution in [3.05, 3.63) is 94.3 Å². The van der Waals surface area contributed by atoms with Crippen molar-refractivity contribution >= 4 is 28.6 Å². The van der Waals surface area contributed by atoms with Crippen LogP contribution in [-0.2, 0) is 4.79 Å². The van der Waals surface area contributed by atoms with Crippen molar-refractivity contribution in [2.45, 2.75) is 24.5 Å². The van der Waals surface area contributed by atoms with Crippen LogP contribution in [0.3, 0.4) is 0 Å². The quantitative estimate of drug-likeness (QED) is 0.355. The van der Waals surface area contributed by atoms with E-state index in [-0.39, 0.29) is 23.3 Å². The summed E-state index contributed by atoms with van der Waals surface area (Å²) in [5.74, 6) is 0.850. The third kappa shape index (κ3) is 4.24. The van der Waals surface area contributed by atoms with Gasteiger partial charge in [-0.25, -0.2) is 4.98 Å². The molecule has 1 atom stereocenters. The molecule has 1 amide bonds. The van der Waals surface area contributed by atoms with Gasteiger partial charge in [0.1, 0.15) is 5.75 Å². The number of benzene rings is 3. The Labute approximate surface area is 195 Å². The fraction of sp³-hybridized carbons (Fsp3) is 0.192. The van der Waals surface area contributed by atoms with Crippen molar-refractivity contribution < 1.29 is 9.53 Å². The maximum absolute atomic E-state index is 13.4. The summed E-state index contributed by atoms with van der Waals surface area (Å²) in [7, 11) is 0. The normalized spacial score (nSPS) is 15.0. The number of hydrogen-bond donors (Lipinski definition) is 1. The van der Waals surface area contributed by atoms with Crippen LogP contribution in [0.4, 0.5) is 0 Å². The molecule has 0 aliphatic carbocycles. The SMILES string of the molecule is Cc1ccccc1-n1c(SCC(=O)NC2CCOc3ccccc32)nc2ccccc2c1=O. The fourth-order valence-corrected chi connectivity index (χ4v) is 4.91. The van der Waals surface area contributed by atoms with Gasteiger partial charge in [-0.05, 0) is 36.8 Å². The zero-order valence-corrected chi connectivity index (χ0v) is 19.0. The van der Waals surface area contributed by atoms with Gasteiger partial charge in [-0.1, -0.05) is 60.3 Å². The molecule has 33 heavy (non-hydrogen) atoms. The molecule has 2 heterocycles. The van der Waals surface area contributed by atoms with Crippen molar-refractivity contribution in [2.24, 2.45) is 0 Å². The van der Waals surface area contributed by atoms with E-state index in [4.69, 9.17) is 9.72 Å². The summed E-state index contributed by atoms with van der Waals surface area (Å²) in [6.07, 6.45) is 0.718. The summed E-state index contributed by atoms with van der Waals surface area (Å²) in [6.45, 7) is 2.52. The van der Waals surface area contributed by atoms with Crippen LogP contribution in [0.2, 0.25) is 0 Å². The second kappa shape index (κ2) is 9.11. The molecule has 4 aromatic rings. The molecule has 1 aliphatic rings. The van der Waals surface area contributed by atoms with Crippen molar-refractivity contribution in [3.63, 3.8) is 0 Å². The van der Waals surface area contributed by atoms with E-state index in [1.807, 2.05) is 73.7 Å². The van der Waals surface area contributed by atoms with E-state index in [1.165, 1.54) is 11.8 Å². The van der Waals surface area contributed by atoms with Crippen LogP contribution in [0.25, 0.3) is 16.6 Å². The molecule has 6 nitrogen and oxygen atoms in total. The lowest BCUT2D eigenvalue weighted by Gasteiger charge is -2.26. The molecule has 5 rings (SSSR count). The third-order valence-corrected chi connectivity index (χ3v) is 6.67. The molecule has 166 valence electrons. The van der Waals surface area contributed by atoms with Crippen molar-refractivity contribution in [2.75, 3.05) is 12.4 Å². The predicted octanol–water partition coefficient (Wildman–Crippen LogP) is 4.43. The molecule has 1 aromatic heterocycles. The Morgan fingerprint density at radius 3 is 2.73 bits per heavy atom. The van der Waals surface area contributed by atoms with Crippen LogP contribution in [0, 0.1) is 6.92 Å². The highest BCUT2D eigenvalue weighted by Gasteiger charge is 2.23. The summed E-state index contributed by atoms with van der Waals surface area (Å²) < 4.78 is 7.30. The van der Waals surface area contributed by atoms with E-state index >= 15 is 0 Å². The zero-order chi connectivity index (χ0) is 22.8. The molecule has 1 unspecified atom stereocenters. The highest BCUT2D eigenvalue weighted by molar-refractivity contribution is 7.99. The van der Waals surface area contributed by atoms with E-state index in [2.05, 4.69) is 5.32 Å². The maximum Gasteiger partial charge on any atom is 0.266 e. The first kappa shape index (κ1) is 21.3. The van der Waals surface area contributed by atoms with E-state index in [0.717, 1.165) is 29.0 Å². The second-order valence-corrected chi connectivity index (χ2v) is 8.86. The topological polar surface area (TPSA) is 73.2 Å². The van der Waals surface area contributed by atoms with Crippen LogP contribution in [0.1, 0.15) is 23.6 Å². The summed E-state index contributed by atoms with van der Waals surface area (Å²) in [5, 5.41) is 4.16. The minimum absolute atomic E-state index is 0.0915. The Morgan fingerprint density at radius 2 is 1.85 bits per heavy atom. The first-order valence-corrected chi connectivity index (χ1v) is 11.8. The number of nitrogens with one attached hydrogen (secondary N) is 1. The first-order valence-electron chi connectivity index (χ1n) is 10.8. The molecule has 0 saturated carbocycles. The Kier molecular flexibility index (Phi) is 5.88. The van der Waals surface area contributed by atoms with E-state index in [1.54, 1.807) is 10.6 Å². The monoisotopic (exact) mass is 457 g/mol. The molecule has 7 heteroatoms. The number of ether oxygens (including phenoxy) is 1. The molecule has 0 spiro atoms. The van der Waals surface area contributed by atoms with Crippen molar-refractivity contribution in [1.82, 2.24) is 14.9 Å². The van der Waals surface area contributed by atoms with Gasteiger partial charge in [0.05, 0.1) is 35.0 Å². The number of carbonyl (C=O) groups excluding carboxylic acids is 1. The molecule has 0 radical (unpaired) electrons. The van der Waals surface area contributed by atoms with Crippen LogP contribution in [0.15, 0.2) is 82.7 Å². The molecule has 1 N–H and O–H groups in total. The number of thioether (sulfide) groups is 1. The predicted molar refractivity (Wildman–Crippen MR) is 130 cm³/mol.